The number of guanidine groups is 1. The average molecular weight is 417 g/mol. The number of methoxy groups -OCH3 is 1. The number of rotatable bonds is 9. The van der Waals surface area contributed by atoms with Gasteiger partial charge in [-0.25, -0.2) is 0 Å². The van der Waals surface area contributed by atoms with E-state index in [4.69, 9.17) is 9.47 Å². The van der Waals surface area contributed by atoms with Gasteiger partial charge in [0.2, 0.25) is 5.91 Å². The Kier molecular flexibility index (Phi) is 8.96. The van der Waals surface area contributed by atoms with Crippen molar-refractivity contribution in [3.63, 3.8) is 0 Å². The van der Waals surface area contributed by atoms with E-state index >= 15 is 0 Å². The molecule has 0 unspecified atom stereocenters. The lowest BCUT2D eigenvalue weighted by molar-refractivity contribution is -0.118. The number of carbonyl (C=O) groups excluding carboxylic acids is 1. The highest BCUT2D eigenvalue weighted by Crippen LogP contribution is 2.28. The minimum absolute atomic E-state index is 0.211. The zero-order valence-electron chi connectivity index (χ0n) is 18.4. The van der Waals surface area contributed by atoms with E-state index < -0.39 is 0 Å². The Hall–Kier alpha value is -2.12. The van der Waals surface area contributed by atoms with Gasteiger partial charge in [-0.05, 0) is 43.7 Å². The molecule has 2 aliphatic heterocycles. The number of carbonyl (C=O) groups is 1. The molecular formula is C23H36N4O3. The number of likely N-dealkylation sites (tertiary alicyclic amines) is 1. The highest BCUT2D eigenvalue weighted by molar-refractivity contribution is 5.95. The number of para-hydroxylation sites is 1. The zero-order chi connectivity index (χ0) is 21.2. The predicted octanol–water partition coefficient (Wildman–Crippen LogP) is 2.45. The van der Waals surface area contributed by atoms with Gasteiger partial charge in [-0.1, -0.05) is 18.2 Å². The van der Waals surface area contributed by atoms with Crippen LogP contribution in [0.3, 0.4) is 0 Å². The normalized spacial score (nSPS) is 17.3. The first-order valence-electron chi connectivity index (χ1n) is 11.2. The summed E-state index contributed by atoms with van der Waals surface area (Å²) < 4.78 is 11.0. The van der Waals surface area contributed by atoms with Crippen LogP contribution in [0.2, 0.25) is 0 Å². The number of anilines is 1. The van der Waals surface area contributed by atoms with Crippen LogP contribution in [0.15, 0.2) is 29.3 Å². The number of ether oxygens (including phenoxy) is 2. The largest absolute Gasteiger partial charge is 0.385 e. The van der Waals surface area contributed by atoms with Gasteiger partial charge in [0.1, 0.15) is 0 Å². The summed E-state index contributed by atoms with van der Waals surface area (Å²) in [6.45, 7) is 4.95. The van der Waals surface area contributed by atoms with Gasteiger partial charge < -0.3 is 24.6 Å². The first-order valence-corrected chi connectivity index (χ1v) is 11.2. The number of hydrogen-bond acceptors (Lipinski definition) is 4. The van der Waals surface area contributed by atoms with E-state index in [0.717, 1.165) is 83.1 Å². The average Bonchev–Trinajstić information content (AvgIpc) is 3.22. The summed E-state index contributed by atoms with van der Waals surface area (Å²) in [4.78, 5) is 21.3. The number of piperidine rings is 1. The Morgan fingerprint density at radius 3 is 2.73 bits per heavy atom. The summed E-state index contributed by atoms with van der Waals surface area (Å²) in [5, 5.41) is 3.43. The lowest BCUT2D eigenvalue weighted by Gasteiger charge is -2.34. The van der Waals surface area contributed by atoms with Gasteiger partial charge in [-0.15, -0.1) is 0 Å². The van der Waals surface area contributed by atoms with Crippen molar-refractivity contribution in [1.29, 1.82) is 0 Å². The van der Waals surface area contributed by atoms with E-state index in [1.807, 2.05) is 30.1 Å². The fourth-order valence-corrected chi connectivity index (χ4v) is 4.19. The Bertz CT molecular complexity index is 701. The molecule has 7 heteroatoms. The fourth-order valence-electron chi connectivity index (χ4n) is 4.19. The standard InChI is InChI=1S/C23H36N4O3/c1-24-23(26-14-11-20(12-15-26)30-18-6-17-29-2)25-13-5-9-22(28)27-16-10-19-7-3-4-8-21(19)27/h3-4,7-8,20H,5-6,9-18H2,1-2H3,(H,24,25). The number of fused-ring (bicyclic) bond motifs is 1. The van der Waals surface area contributed by atoms with Crippen LogP contribution in [0.1, 0.15) is 37.7 Å². The predicted molar refractivity (Wildman–Crippen MR) is 120 cm³/mol. The molecule has 2 heterocycles. The van der Waals surface area contributed by atoms with Crippen molar-refractivity contribution >= 4 is 17.6 Å². The third-order valence-electron chi connectivity index (χ3n) is 5.84. The maximum absolute atomic E-state index is 12.6. The van der Waals surface area contributed by atoms with E-state index in [1.54, 1.807) is 7.11 Å². The molecule has 0 atom stereocenters. The first kappa shape index (κ1) is 22.6. The van der Waals surface area contributed by atoms with Crippen molar-refractivity contribution in [2.75, 3.05) is 58.5 Å². The molecular weight excluding hydrogens is 380 g/mol. The number of aliphatic imine (C=N–C) groups is 1. The minimum Gasteiger partial charge on any atom is -0.385 e. The van der Waals surface area contributed by atoms with Gasteiger partial charge in [0.15, 0.2) is 5.96 Å². The Labute approximate surface area is 180 Å². The molecule has 2 aliphatic rings. The molecule has 7 nitrogen and oxygen atoms in total. The molecule has 30 heavy (non-hydrogen) atoms. The summed E-state index contributed by atoms with van der Waals surface area (Å²) in [5.41, 5.74) is 2.36. The first-order chi connectivity index (χ1) is 14.7. The molecule has 0 saturated carbocycles. The molecule has 1 aromatic rings. The van der Waals surface area contributed by atoms with E-state index in [0.29, 0.717) is 12.5 Å². The van der Waals surface area contributed by atoms with E-state index in [9.17, 15) is 4.79 Å². The molecule has 0 aliphatic carbocycles. The van der Waals surface area contributed by atoms with Gasteiger partial charge in [-0.2, -0.15) is 0 Å². The van der Waals surface area contributed by atoms with Gasteiger partial charge in [0, 0.05) is 65.7 Å². The molecule has 0 spiro atoms. The monoisotopic (exact) mass is 416 g/mol. The fraction of sp³-hybridized carbons (Fsp3) is 0.652. The summed E-state index contributed by atoms with van der Waals surface area (Å²) in [6.07, 6.45) is 5.62. The Morgan fingerprint density at radius 2 is 1.97 bits per heavy atom. The van der Waals surface area contributed by atoms with E-state index in [1.165, 1.54) is 5.56 Å². The maximum Gasteiger partial charge on any atom is 0.227 e. The Balaban J connectivity index is 1.33. The van der Waals surface area contributed by atoms with Gasteiger partial charge in [0.05, 0.1) is 6.10 Å². The van der Waals surface area contributed by atoms with Crippen LogP contribution in [-0.4, -0.2) is 76.4 Å². The van der Waals surface area contributed by atoms with Crippen molar-refractivity contribution in [1.82, 2.24) is 10.2 Å². The summed E-state index contributed by atoms with van der Waals surface area (Å²) in [5.74, 6) is 1.13. The lowest BCUT2D eigenvalue weighted by Crippen LogP contribution is -2.47. The molecule has 1 fully saturated rings. The maximum atomic E-state index is 12.6. The third-order valence-corrected chi connectivity index (χ3v) is 5.84. The van der Waals surface area contributed by atoms with Gasteiger partial charge in [0.25, 0.3) is 0 Å². The van der Waals surface area contributed by atoms with Crippen LogP contribution in [0.25, 0.3) is 0 Å². The number of nitrogens with one attached hydrogen (secondary N) is 1. The number of hydrogen-bond donors (Lipinski definition) is 1. The second-order valence-corrected chi connectivity index (χ2v) is 7.91. The van der Waals surface area contributed by atoms with Gasteiger partial charge >= 0.3 is 0 Å². The third kappa shape index (κ3) is 6.19. The second kappa shape index (κ2) is 11.9. The minimum atomic E-state index is 0.211. The SMILES string of the molecule is CN=C(NCCCC(=O)N1CCc2ccccc21)N1CCC(OCCCOC)CC1. The summed E-state index contributed by atoms with van der Waals surface area (Å²) in [7, 11) is 3.54. The Morgan fingerprint density at radius 1 is 1.17 bits per heavy atom. The smallest absolute Gasteiger partial charge is 0.227 e. The molecule has 1 amide bonds. The molecule has 0 aromatic heterocycles. The van der Waals surface area contributed by atoms with Crippen molar-refractivity contribution in [2.45, 2.75) is 44.6 Å². The van der Waals surface area contributed by atoms with Crippen LogP contribution < -0.4 is 10.2 Å². The number of nitrogens with zero attached hydrogens (tertiary/aromatic N) is 3. The zero-order valence-corrected chi connectivity index (χ0v) is 18.4. The number of benzene rings is 1. The highest BCUT2D eigenvalue weighted by atomic mass is 16.5. The van der Waals surface area contributed by atoms with Crippen molar-refractivity contribution < 1.29 is 14.3 Å². The highest BCUT2D eigenvalue weighted by Gasteiger charge is 2.24. The topological polar surface area (TPSA) is 66.4 Å². The van der Waals surface area contributed by atoms with E-state index in [-0.39, 0.29) is 5.91 Å². The molecule has 166 valence electrons. The molecule has 1 aromatic carbocycles. The molecule has 0 radical (unpaired) electrons. The quantitative estimate of drug-likeness (QED) is 0.381. The van der Waals surface area contributed by atoms with Crippen molar-refractivity contribution in [3.8, 4) is 0 Å². The number of amides is 1. The molecule has 3 rings (SSSR count). The molecule has 1 N–H and O–H groups in total. The summed E-state index contributed by atoms with van der Waals surface area (Å²) >= 11 is 0. The van der Waals surface area contributed by atoms with Gasteiger partial charge in [-0.3, -0.25) is 9.79 Å². The lowest BCUT2D eigenvalue weighted by atomic mass is 10.1. The van der Waals surface area contributed by atoms with Crippen molar-refractivity contribution in [2.24, 2.45) is 4.99 Å². The van der Waals surface area contributed by atoms with Crippen LogP contribution in [0.4, 0.5) is 5.69 Å². The summed E-state index contributed by atoms with van der Waals surface area (Å²) in [6, 6.07) is 8.20. The molecule has 0 bridgehead atoms. The van der Waals surface area contributed by atoms with Crippen LogP contribution >= 0.6 is 0 Å². The van der Waals surface area contributed by atoms with Crippen LogP contribution in [0.5, 0.6) is 0 Å². The second-order valence-electron chi connectivity index (χ2n) is 7.91. The van der Waals surface area contributed by atoms with Crippen LogP contribution in [0, 0.1) is 0 Å². The van der Waals surface area contributed by atoms with Crippen LogP contribution in [-0.2, 0) is 20.7 Å². The van der Waals surface area contributed by atoms with Crippen molar-refractivity contribution in [3.05, 3.63) is 29.8 Å². The van der Waals surface area contributed by atoms with E-state index in [2.05, 4.69) is 21.3 Å². The molecule has 1 saturated heterocycles.